The lowest BCUT2D eigenvalue weighted by atomic mass is 10.1. The minimum absolute atomic E-state index is 0.475. The molecular formula is C15H18N6S. The molecule has 6 nitrogen and oxygen atoms in total. The van der Waals surface area contributed by atoms with Crippen LogP contribution in [-0.2, 0) is 12.3 Å². The molecule has 2 heterocycles. The van der Waals surface area contributed by atoms with E-state index in [0.717, 1.165) is 22.7 Å². The number of nitrogens with zero attached hydrogens (tertiary/aromatic N) is 4. The van der Waals surface area contributed by atoms with E-state index >= 15 is 0 Å². The van der Waals surface area contributed by atoms with Gasteiger partial charge in [-0.25, -0.2) is 10.1 Å². The molecule has 1 aromatic carbocycles. The van der Waals surface area contributed by atoms with Gasteiger partial charge in [0.05, 0.1) is 0 Å². The van der Waals surface area contributed by atoms with Crippen LogP contribution in [0.4, 0.5) is 5.82 Å². The van der Waals surface area contributed by atoms with Crippen LogP contribution >= 0.6 is 11.8 Å². The second-order valence-electron chi connectivity index (χ2n) is 5.35. The first-order valence-electron chi connectivity index (χ1n) is 6.95. The van der Waals surface area contributed by atoms with E-state index in [9.17, 15) is 0 Å². The van der Waals surface area contributed by atoms with Gasteiger partial charge in [0.15, 0.2) is 5.65 Å². The first-order valence-corrected chi connectivity index (χ1v) is 7.93. The van der Waals surface area contributed by atoms with Crippen LogP contribution < -0.4 is 5.73 Å². The third-order valence-corrected chi connectivity index (χ3v) is 4.35. The standard InChI is InChI=1S/C15H18N6S/c1-21(2)8-10-5-3-4-6-11(10)9-22-12-7-13(16)17-15-14(12)18-20-19-15/h3-7H,8-9H2,1-2H3,(H3,16,17,18,19,20). The van der Waals surface area contributed by atoms with Gasteiger partial charge in [0.2, 0.25) is 0 Å². The number of hydrogen-bond acceptors (Lipinski definition) is 6. The van der Waals surface area contributed by atoms with Crippen LogP contribution in [0, 0.1) is 0 Å². The highest BCUT2D eigenvalue weighted by molar-refractivity contribution is 7.98. The third-order valence-electron chi connectivity index (χ3n) is 3.27. The minimum atomic E-state index is 0.475. The van der Waals surface area contributed by atoms with E-state index in [-0.39, 0.29) is 0 Å². The predicted octanol–water partition coefficient (Wildman–Crippen LogP) is 2.29. The highest BCUT2D eigenvalue weighted by Crippen LogP contribution is 2.30. The number of aromatic nitrogens is 4. The molecule has 7 heteroatoms. The number of nitrogens with one attached hydrogen (secondary N) is 1. The number of anilines is 1. The maximum absolute atomic E-state index is 5.84. The fourth-order valence-electron chi connectivity index (χ4n) is 2.29. The van der Waals surface area contributed by atoms with E-state index in [0.29, 0.717) is 11.5 Å². The monoisotopic (exact) mass is 314 g/mol. The third kappa shape index (κ3) is 3.20. The van der Waals surface area contributed by atoms with Gasteiger partial charge in [-0.2, -0.15) is 0 Å². The Hall–Kier alpha value is -2.12. The molecule has 3 rings (SSSR count). The smallest absolute Gasteiger partial charge is 0.179 e. The van der Waals surface area contributed by atoms with Crippen molar-refractivity contribution >= 4 is 28.7 Å². The summed E-state index contributed by atoms with van der Waals surface area (Å²) >= 11 is 1.70. The summed E-state index contributed by atoms with van der Waals surface area (Å²) in [6, 6.07) is 10.3. The van der Waals surface area contributed by atoms with Crippen molar-refractivity contribution in [2.45, 2.75) is 17.2 Å². The fraction of sp³-hybridized carbons (Fsp3) is 0.267. The molecule has 0 radical (unpaired) electrons. The minimum Gasteiger partial charge on any atom is -0.384 e. The molecule has 114 valence electrons. The van der Waals surface area contributed by atoms with Gasteiger partial charge in [-0.3, -0.25) is 0 Å². The molecule has 0 amide bonds. The number of hydrogen-bond donors (Lipinski definition) is 2. The molecule has 0 aliphatic carbocycles. The lowest BCUT2D eigenvalue weighted by Crippen LogP contribution is -2.12. The Morgan fingerprint density at radius 1 is 1.23 bits per heavy atom. The summed E-state index contributed by atoms with van der Waals surface area (Å²) in [5, 5.41) is 10.7. The zero-order valence-electron chi connectivity index (χ0n) is 12.6. The summed E-state index contributed by atoms with van der Waals surface area (Å²) < 4.78 is 0. The molecule has 0 saturated carbocycles. The number of aromatic amines is 1. The number of benzene rings is 1. The molecule has 0 saturated heterocycles. The SMILES string of the molecule is CN(C)Cc1ccccc1CSc1cc(N)nc2[nH]nnc12. The summed E-state index contributed by atoms with van der Waals surface area (Å²) in [5.74, 6) is 1.33. The molecule has 2 aromatic heterocycles. The number of rotatable bonds is 5. The first kappa shape index (κ1) is 14.8. The molecule has 3 aromatic rings. The molecule has 0 spiro atoms. The van der Waals surface area contributed by atoms with Gasteiger partial charge >= 0.3 is 0 Å². The lowest BCUT2D eigenvalue weighted by molar-refractivity contribution is 0.401. The van der Waals surface area contributed by atoms with Crippen LogP contribution in [0.15, 0.2) is 35.2 Å². The summed E-state index contributed by atoms with van der Waals surface area (Å²) in [4.78, 5) is 7.35. The maximum Gasteiger partial charge on any atom is 0.179 e. The van der Waals surface area contributed by atoms with Gasteiger partial charge in [0.1, 0.15) is 11.3 Å². The average Bonchev–Trinajstić information content (AvgIpc) is 2.93. The van der Waals surface area contributed by atoms with Gasteiger partial charge in [-0.05, 0) is 31.3 Å². The van der Waals surface area contributed by atoms with Crippen LogP contribution in [0.1, 0.15) is 11.1 Å². The zero-order chi connectivity index (χ0) is 15.5. The molecule has 3 N–H and O–H groups in total. The molecule has 0 atom stereocenters. The predicted molar refractivity (Wildman–Crippen MR) is 89.5 cm³/mol. The number of pyridine rings is 1. The molecule has 0 aliphatic heterocycles. The maximum atomic E-state index is 5.84. The molecule has 0 aliphatic rings. The van der Waals surface area contributed by atoms with E-state index in [2.05, 4.69) is 63.7 Å². The van der Waals surface area contributed by atoms with E-state index < -0.39 is 0 Å². The van der Waals surface area contributed by atoms with Gasteiger partial charge in [-0.15, -0.1) is 16.9 Å². The Balaban J connectivity index is 1.84. The van der Waals surface area contributed by atoms with Crippen LogP contribution in [0.5, 0.6) is 0 Å². The van der Waals surface area contributed by atoms with Gasteiger partial charge in [0, 0.05) is 17.2 Å². The number of nitrogen functional groups attached to an aromatic ring is 1. The summed E-state index contributed by atoms with van der Waals surface area (Å²) in [7, 11) is 4.15. The Kier molecular flexibility index (Phi) is 4.26. The number of H-pyrrole nitrogens is 1. The van der Waals surface area contributed by atoms with Crippen LogP contribution in [0.3, 0.4) is 0 Å². The van der Waals surface area contributed by atoms with Crippen molar-refractivity contribution in [1.29, 1.82) is 0 Å². The second-order valence-corrected chi connectivity index (χ2v) is 6.37. The zero-order valence-corrected chi connectivity index (χ0v) is 13.4. The second kappa shape index (κ2) is 6.33. The van der Waals surface area contributed by atoms with Crippen molar-refractivity contribution in [3.05, 3.63) is 41.5 Å². The molecule has 0 unspecified atom stereocenters. The quantitative estimate of drug-likeness (QED) is 0.703. The van der Waals surface area contributed by atoms with E-state index in [1.54, 1.807) is 11.8 Å². The van der Waals surface area contributed by atoms with Gasteiger partial charge in [0.25, 0.3) is 0 Å². The number of nitrogens with two attached hydrogens (primary N) is 1. The van der Waals surface area contributed by atoms with Crippen molar-refractivity contribution in [1.82, 2.24) is 25.3 Å². The average molecular weight is 314 g/mol. The van der Waals surface area contributed by atoms with E-state index in [4.69, 9.17) is 5.73 Å². The summed E-state index contributed by atoms with van der Waals surface area (Å²) in [6.45, 7) is 0.925. The van der Waals surface area contributed by atoms with E-state index in [1.165, 1.54) is 11.1 Å². The topological polar surface area (TPSA) is 83.7 Å². The molecule has 0 fully saturated rings. The highest BCUT2D eigenvalue weighted by Gasteiger charge is 2.10. The molecule has 22 heavy (non-hydrogen) atoms. The molecule has 0 bridgehead atoms. The van der Waals surface area contributed by atoms with Gasteiger partial charge in [-0.1, -0.05) is 29.5 Å². The van der Waals surface area contributed by atoms with Crippen LogP contribution in [-0.4, -0.2) is 39.4 Å². The van der Waals surface area contributed by atoms with Gasteiger partial charge < -0.3 is 10.6 Å². The number of thioether (sulfide) groups is 1. The highest BCUT2D eigenvalue weighted by atomic mass is 32.2. The summed E-state index contributed by atoms with van der Waals surface area (Å²) in [5.41, 5.74) is 9.88. The summed E-state index contributed by atoms with van der Waals surface area (Å²) in [6.07, 6.45) is 0. The van der Waals surface area contributed by atoms with E-state index in [1.807, 2.05) is 6.07 Å². The fourth-order valence-corrected chi connectivity index (χ4v) is 3.36. The Labute approximate surface area is 133 Å². The number of fused-ring (bicyclic) bond motifs is 1. The Bertz CT molecular complexity index is 783. The van der Waals surface area contributed by atoms with Crippen LogP contribution in [0.2, 0.25) is 0 Å². The normalized spacial score (nSPS) is 11.4. The van der Waals surface area contributed by atoms with Crippen molar-refractivity contribution in [2.75, 3.05) is 19.8 Å². The van der Waals surface area contributed by atoms with Crippen molar-refractivity contribution in [2.24, 2.45) is 0 Å². The largest absolute Gasteiger partial charge is 0.384 e. The van der Waals surface area contributed by atoms with Crippen LogP contribution in [0.25, 0.3) is 11.2 Å². The first-order chi connectivity index (χ1) is 10.6. The van der Waals surface area contributed by atoms with Crippen molar-refractivity contribution in [3.8, 4) is 0 Å². The Morgan fingerprint density at radius 2 is 2.00 bits per heavy atom. The molecular weight excluding hydrogens is 296 g/mol. The van der Waals surface area contributed by atoms with Crippen molar-refractivity contribution < 1.29 is 0 Å². The Morgan fingerprint density at radius 3 is 2.77 bits per heavy atom. The van der Waals surface area contributed by atoms with Crippen molar-refractivity contribution in [3.63, 3.8) is 0 Å². The lowest BCUT2D eigenvalue weighted by Gasteiger charge is -2.14.